The molecular weight excluding hydrogens is 268 g/mol. The van der Waals surface area contributed by atoms with E-state index in [-0.39, 0.29) is 16.9 Å². The summed E-state index contributed by atoms with van der Waals surface area (Å²) in [6, 6.07) is 3.11. The highest BCUT2D eigenvalue weighted by atomic mass is 16.2. The molecule has 2 rings (SSSR count). The van der Waals surface area contributed by atoms with E-state index in [1.54, 1.807) is 23.9 Å². The molecule has 0 saturated carbocycles. The van der Waals surface area contributed by atoms with E-state index < -0.39 is 0 Å². The molecule has 3 N–H and O–H groups in total. The number of anilines is 1. The van der Waals surface area contributed by atoms with Gasteiger partial charge in [0.1, 0.15) is 0 Å². The summed E-state index contributed by atoms with van der Waals surface area (Å²) in [5.74, 6) is 0.108. The summed E-state index contributed by atoms with van der Waals surface area (Å²) in [6.07, 6.45) is 3.43. The first-order chi connectivity index (χ1) is 9.94. The molecule has 0 spiro atoms. The van der Waals surface area contributed by atoms with Crippen molar-refractivity contribution in [3.63, 3.8) is 0 Å². The van der Waals surface area contributed by atoms with E-state index in [4.69, 9.17) is 5.73 Å². The van der Waals surface area contributed by atoms with Gasteiger partial charge in [-0.2, -0.15) is 0 Å². The average molecular weight is 292 g/mol. The Hall–Kier alpha value is -1.82. The van der Waals surface area contributed by atoms with E-state index >= 15 is 0 Å². The van der Waals surface area contributed by atoms with Gasteiger partial charge in [0.25, 0.3) is 5.56 Å². The number of pyridine rings is 1. The Kier molecular flexibility index (Phi) is 4.67. The van der Waals surface area contributed by atoms with Crippen molar-refractivity contribution in [1.82, 2.24) is 14.8 Å². The molecule has 1 amide bonds. The summed E-state index contributed by atoms with van der Waals surface area (Å²) in [4.78, 5) is 25.8. The maximum atomic E-state index is 11.9. The van der Waals surface area contributed by atoms with Gasteiger partial charge < -0.3 is 20.5 Å². The summed E-state index contributed by atoms with van der Waals surface area (Å²) >= 11 is 0. The number of aromatic nitrogens is 1. The summed E-state index contributed by atoms with van der Waals surface area (Å²) in [5.41, 5.74) is 5.97. The monoisotopic (exact) mass is 292 g/mol. The van der Waals surface area contributed by atoms with E-state index in [0.29, 0.717) is 12.2 Å². The van der Waals surface area contributed by atoms with Crippen LogP contribution < -0.4 is 16.6 Å². The Bertz CT molecular complexity index is 569. The van der Waals surface area contributed by atoms with Crippen molar-refractivity contribution in [2.45, 2.75) is 26.3 Å². The van der Waals surface area contributed by atoms with Crippen molar-refractivity contribution >= 4 is 11.6 Å². The van der Waals surface area contributed by atoms with Gasteiger partial charge in [-0.15, -0.1) is 0 Å². The van der Waals surface area contributed by atoms with Gasteiger partial charge in [-0.25, -0.2) is 0 Å². The van der Waals surface area contributed by atoms with Gasteiger partial charge in [0.15, 0.2) is 0 Å². The minimum atomic E-state index is -0.289. The maximum Gasteiger partial charge on any atom is 0.250 e. The molecule has 6 heteroatoms. The number of nitrogens with two attached hydrogens (primary N) is 1. The third-order valence-corrected chi connectivity index (χ3v) is 4.21. The topological polar surface area (TPSA) is 80.4 Å². The number of amides is 1. The Morgan fingerprint density at radius 2 is 2.19 bits per heavy atom. The van der Waals surface area contributed by atoms with Crippen molar-refractivity contribution in [1.29, 1.82) is 0 Å². The van der Waals surface area contributed by atoms with Gasteiger partial charge >= 0.3 is 0 Å². The molecule has 116 valence electrons. The fraction of sp³-hybridized carbons (Fsp3) is 0.600. The Morgan fingerprint density at radius 1 is 1.43 bits per heavy atom. The highest BCUT2D eigenvalue weighted by molar-refractivity contribution is 5.82. The zero-order valence-corrected chi connectivity index (χ0v) is 12.8. The number of hydrogen-bond acceptors (Lipinski definition) is 4. The van der Waals surface area contributed by atoms with Crippen molar-refractivity contribution < 1.29 is 4.79 Å². The Balaban J connectivity index is 1.84. The van der Waals surface area contributed by atoms with E-state index in [2.05, 4.69) is 10.2 Å². The summed E-state index contributed by atoms with van der Waals surface area (Å²) in [7, 11) is 1.68. The van der Waals surface area contributed by atoms with Gasteiger partial charge in [0.2, 0.25) is 5.91 Å². The summed E-state index contributed by atoms with van der Waals surface area (Å²) in [5, 5.41) is 2.74. The lowest BCUT2D eigenvalue weighted by atomic mass is 9.89. The van der Waals surface area contributed by atoms with E-state index in [0.717, 1.165) is 32.5 Å². The van der Waals surface area contributed by atoms with Crippen LogP contribution in [0.5, 0.6) is 0 Å². The number of carbonyl (C=O) groups is 1. The first-order valence-corrected chi connectivity index (χ1v) is 7.35. The molecule has 1 aromatic rings. The molecule has 21 heavy (non-hydrogen) atoms. The minimum absolute atomic E-state index is 0.0270. The number of nitrogens with one attached hydrogen (secondary N) is 1. The molecule has 1 aromatic heterocycles. The van der Waals surface area contributed by atoms with Crippen LogP contribution >= 0.6 is 0 Å². The van der Waals surface area contributed by atoms with Gasteiger partial charge in [0, 0.05) is 38.1 Å². The second kappa shape index (κ2) is 6.30. The maximum absolute atomic E-state index is 11.9. The minimum Gasteiger partial charge on any atom is -0.398 e. The molecule has 1 aliphatic rings. The first-order valence-electron chi connectivity index (χ1n) is 7.35. The summed E-state index contributed by atoms with van der Waals surface area (Å²) < 4.78 is 1.64. The molecule has 6 nitrogen and oxygen atoms in total. The zero-order chi connectivity index (χ0) is 15.5. The van der Waals surface area contributed by atoms with Crippen LogP contribution in [0.2, 0.25) is 0 Å². The van der Waals surface area contributed by atoms with Gasteiger partial charge in [-0.3, -0.25) is 9.59 Å². The number of likely N-dealkylation sites (tertiary alicyclic amines) is 1. The smallest absolute Gasteiger partial charge is 0.250 e. The second-order valence-corrected chi connectivity index (χ2v) is 6.01. The predicted octanol–water partition coefficient (Wildman–Crippen LogP) is 0.279. The van der Waals surface area contributed by atoms with Crippen LogP contribution in [0.1, 0.15) is 19.8 Å². The standard InChI is InChI=1S/C15H24N4O2/c1-15(14(21)17-2)6-9-18(11-15)7-3-8-19-10-12(16)4-5-13(19)20/h4-5,10H,3,6-9,11,16H2,1-2H3,(H,17,21). The van der Waals surface area contributed by atoms with Gasteiger partial charge in [-0.1, -0.05) is 0 Å². The molecule has 1 saturated heterocycles. The average Bonchev–Trinajstić information content (AvgIpc) is 2.84. The fourth-order valence-corrected chi connectivity index (χ4v) is 2.92. The van der Waals surface area contributed by atoms with Crippen molar-refractivity contribution in [3.8, 4) is 0 Å². The van der Waals surface area contributed by atoms with E-state index in [1.807, 2.05) is 6.92 Å². The molecule has 1 atom stereocenters. The normalized spacial score (nSPS) is 22.4. The van der Waals surface area contributed by atoms with E-state index in [9.17, 15) is 9.59 Å². The summed E-state index contributed by atoms with van der Waals surface area (Å²) in [6.45, 7) is 5.24. The number of carbonyl (C=O) groups excluding carboxylic acids is 1. The second-order valence-electron chi connectivity index (χ2n) is 6.01. The molecule has 0 aromatic carbocycles. The number of aryl methyl sites for hydroxylation is 1. The number of hydrogen-bond donors (Lipinski definition) is 2. The number of nitrogen functional groups attached to an aromatic ring is 1. The van der Waals surface area contributed by atoms with Gasteiger partial charge in [0.05, 0.1) is 5.41 Å². The Labute approximate surface area is 124 Å². The highest BCUT2D eigenvalue weighted by Gasteiger charge is 2.39. The Morgan fingerprint density at radius 3 is 2.90 bits per heavy atom. The quantitative estimate of drug-likeness (QED) is 0.817. The lowest BCUT2D eigenvalue weighted by Crippen LogP contribution is -2.39. The van der Waals surface area contributed by atoms with Crippen LogP contribution in [-0.2, 0) is 11.3 Å². The lowest BCUT2D eigenvalue weighted by molar-refractivity contribution is -0.129. The first kappa shape index (κ1) is 15.6. The SMILES string of the molecule is CNC(=O)C1(C)CCN(CCCn2cc(N)ccc2=O)C1. The van der Waals surface area contributed by atoms with Crippen LogP contribution in [-0.4, -0.2) is 42.1 Å². The van der Waals surface area contributed by atoms with Crippen LogP contribution in [0.3, 0.4) is 0 Å². The molecule has 0 aliphatic carbocycles. The van der Waals surface area contributed by atoms with Crippen molar-refractivity contribution in [2.75, 3.05) is 32.4 Å². The van der Waals surface area contributed by atoms with Crippen LogP contribution in [0.25, 0.3) is 0 Å². The molecule has 1 unspecified atom stereocenters. The van der Waals surface area contributed by atoms with Crippen molar-refractivity contribution in [3.05, 3.63) is 28.7 Å². The number of rotatable bonds is 5. The molecule has 0 bridgehead atoms. The fourth-order valence-electron chi connectivity index (χ4n) is 2.92. The molecule has 1 fully saturated rings. The van der Waals surface area contributed by atoms with E-state index in [1.165, 1.54) is 6.07 Å². The molecule has 0 radical (unpaired) electrons. The van der Waals surface area contributed by atoms with Crippen LogP contribution in [0, 0.1) is 5.41 Å². The highest BCUT2D eigenvalue weighted by Crippen LogP contribution is 2.29. The number of nitrogens with zero attached hydrogens (tertiary/aromatic N) is 2. The lowest BCUT2D eigenvalue weighted by Gasteiger charge is -2.22. The zero-order valence-electron chi connectivity index (χ0n) is 12.8. The third kappa shape index (κ3) is 3.64. The largest absolute Gasteiger partial charge is 0.398 e. The molecule has 1 aliphatic heterocycles. The van der Waals surface area contributed by atoms with Crippen molar-refractivity contribution in [2.24, 2.45) is 5.41 Å². The van der Waals surface area contributed by atoms with Crippen LogP contribution in [0.4, 0.5) is 5.69 Å². The molecule has 2 heterocycles. The molecular formula is C15H24N4O2. The van der Waals surface area contributed by atoms with Crippen LogP contribution in [0.15, 0.2) is 23.1 Å². The third-order valence-electron chi connectivity index (χ3n) is 4.21. The predicted molar refractivity (Wildman–Crippen MR) is 83.0 cm³/mol. The van der Waals surface area contributed by atoms with Gasteiger partial charge in [-0.05, 0) is 38.9 Å².